The molecule has 0 unspecified atom stereocenters. The van der Waals surface area contributed by atoms with Gasteiger partial charge in [0.2, 0.25) is 5.16 Å². The van der Waals surface area contributed by atoms with Crippen LogP contribution in [-0.2, 0) is 10.5 Å². The first kappa shape index (κ1) is 15.9. The van der Waals surface area contributed by atoms with E-state index in [2.05, 4.69) is 31.0 Å². The van der Waals surface area contributed by atoms with Crippen LogP contribution in [0.25, 0.3) is 5.78 Å². The zero-order valence-electron chi connectivity index (χ0n) is 12.5. The highest BCUT2D eigenvalue weighted by Crippen LogP contribution is 2.22. The first-order chi connectivity index (χ1) is 11.1. The summed E-state index contributed by atoms with van der Waals surface area (Å²) in [5, 5.41) is 5.03. The van der Waals surface area contributed by atoms with E-state index in [1.807, 2.05) is 24.3 Å². The zero-order valence-corrected chi connectivity index (χ0v) is 14.9. The van der Waals surface area contributed by atoms with Crippen LogP contribution in [0.1, 0.15) is 21.6 Å². The number of hydrogen-bond donors (Lipinski definition) is 0. The Morgan fingerprint density at radius 3 is 2.78 bits per heavy atom. The highest BCUT2D eigenvalue weighted by molar-refractivity contribution is 9.10. The lowest BCUT2D eigenvalue weighted by atomic mass is 10.2. The minimum Gasteiger partial charge on any atom is -0.465 e. The fourth-order valence-corrected chi connectivity index (χ4v) is 3.06. The second-order valence-electron chi connectivity index (χ2n) is 4.77. The standard InChI is InChI=1S/C15H13BrN4O2S/c1-9-12(13(21)22-2)7-17-14-18-15(19-20(9)14)23-8-10-3-5-11(16)6-4-10/h3-7H,8H2,1-2H3. The van der Waals surface area contributed by atoms with E-state index in [1.165, 1.54) is 30.6 Å². The van der Waals surface area contributed by atoms with Gasteiger partial charge in [0.15, 0.2) is 0 Å². The average molecular weight is 393 g/mol. The van der Waals surface area contributed by atoms with Gasteiger partial charge in [-0.15, -0.1) is 5.10 Å². The van der Waals surface area contributed by atoms with Crippen LogP contribution in [-0.4, -0.2) is 32.7 Å². The number of aromatic nitrogens is 4. The van der Waals surface area contributed by atoms with Crippen molar-refractivity contribution in [2.24, 2.45) is 0 Å². The SMILES string of the molecule is COC(=O)c1cnc2nc(SCc3ccc(Br)cc3)nn2c1C. The summed E-state index contributed by atoms with van der Waals surface area (Å²) in [6.45, 7) is 1.79. The fraction of sp³-hybridized carbons (Fsp3) is 0.200. The Morgan fingerprint density at radius 1 is 1.35 bits per heavy atom. The first-order valence-corrected chi connectivity index (χ1v) is 8.54. The van der Waals surface area contributed by atoms with E-state index in [9.17, 15) is 4.79 Å². The molecule has 0 aliphatic rings. The van der Waals surface area contributed by atoms with Gasteiger partial charge in [0, 0.05) is 16.4 Å². The van der Waals surface area contributed by atoms with Crippen LogP contribution in [0, 0.1) is 6.92 Å². The molecule has 8 heteroatoms. The number of thioether (sulfide) groups is 1. The molecule has 2 heterocycles. The molecule has 0 radical (unpaired) electrons. The smallest absolute Gasteiger partial charge is 0.341 e. The van der Waals surface area contributed by atoms with Gasteiger partial charge in [-0.1, -0.05) is 39.8 Å². The molecule has 0 amide bonds. The van der Waals surface area contributed by atoms with Crippen LogP contribution in [0.5, 0.6) is 0 Å². The van der Waals surface area contributed by atoms with Gasteiger partial charge in [0.05, 0.1) is 18.4 Å². The molecule has 3 rings (SSSR count). The van der Waals surface area contributed by atoms with Crippen molar-refractivity contribution < 1.29 is 9.53 Å². The van der Waals surface area contributed by atoms with Gasteiger partial charge in [0.25, 0.3) is 5.78 Å². The van der Waals surface area contributed by atoms with E-state index < -0.39 is 5.97 Å². The summed E-state index contributed by atoms with van der Waals surface area (Å²) in [6, 6.07) is 8.10. The molecule has 1 aromatic carbocycles. The summed E-state index contributed by atoms with van der Waals surface area (Å²) in [6.07, 6.45) is 1.47. The highest BCUT2D eigenvalue weighted by Gasteiger charge is 2.15. The Bertz CT molecular complexity index is 864. The number of carbonyl (C=O) groups is 1. The van der Waals surface area contributed by atoms with Crippen LogP contribution in [0.15, 0.2) is 40.1 Å². The van der Waals surface area contributed by atoms with Crippen LogP contribution >= 0.6 is 27.7 Å². The number of benzene rings is 1. The molecule has 2 aromatic heterocycles. The van der Waals surface area contributed by atoms with E-state index in [1.54, 1.807) is 11.4 Å². The second kappa shape index (κ2) is 6.67. The molecule has 6 nitrogen and oxygen atoms in total. The van der Waals surface area contributed by atoms with Crippen LogP contribution in [0.2, 0.25) is 0 Å². The Balaban J connectivity index is 1.84. The molecule has 0 saturated heterocycles. The van der Waals surface area contributed by atoms with Crippen molar-refractivity contribution in [3.8, 4) is 0 Å². The third-order valence-corrected chi connectivity index (χ3v) is 4.71. The van der Waals surface area contributed by atoms with Gasteiger partial charge >= 0.3 is 5.97 Å². The summed E-state index contributed by atoms with van der Waals surface area (Å²) < 4.78 is 7.35. The Labute approximate surface area is 145 Å². The van der Waals surface area contributed by atoms with Crippen molar-refractivity contribution in [2.75, 3.05) is 7.11 Å². The van der Waals surface area contributed by atoms with Crippen molar-refractivity contribution in [2.45, 2.75) is 17.8 Å². The van der Waals surface area contributed by atoms with Crippen molar-refractivity contribution in [3.63, 3.8) is 0 Å². The van der Waals surface area contributed by atoms with E-state index in [0.29, 0.717) is 22.2 Å². The first-order valence-electron chi connectivity index (χ1n) is 6.76. The summed E-state index contributed by atoms with van der Waals surface area (Å²) in [5.74, 6) is 0.789. The number of hydrogen-bond acceptors (Lipinski definition) is 6. The number of methoxy groups -OCH3 is 1. The quantitative estimate of drug-likeness (QED) is 0.501. The molecule has 118 valence electrons. The van der Waals surface area contributed by atoms with Gasteiger partial charge in [-0.05, 0) is 24.6 Å². The van der Waals surface area contributed by atoms with Crippen molar-refractivity contribution in [3.05, 3.63) is 51.8 Å². The van der Waals surface area contributed by atoms with Gasteiger partial charge < -0.3 is 4.74 Å². The number of rotatable bonds is 4. The van der Waals surface area contributed by atoms with Crippen LogP contribution in [0.4, 0.5) is 0 Å². The predicted molar refractivity (Wildman–Crippen MR) is 90.6 cm³/mol. The fourth-order valence-electron chi connectivity index (χ4n) is 2.02. The van der Waals surface area contributed by atoms with Gasteiger partial charge in [-0.25, -0.2) is 9.78 Å². The molecule has 0 aliphatic heterocycles. The number of carbonyl (C=O) groups excluding carboxylic acids is 1. The number of fused-ring (bicyclic) bond motifs is 1. The maximum atomic E-state index is 11.7. The number of ether oxygens (including phenoxy) is 1. The summed E-state index contributed by atoms with van der Waals surface area (Å²) >= 11 is 4.94. The second-order valence-corrected chi connectivity index (χ2v) is 6.63. The molecular formula is C15H13BrN4O2S. The van der Waals surface area contributed by atoms with Gasteiger partial charge in [-0.2, -0.15) is 9.50 Å². The molecule has 0 saturated carbocycles. The lowest BCUT2D eigenvalue weighted by molar-refractivity contribution is 0.0598. The van der Waals surface area contributed by atoms with Gasteiger partial charge in [0.1, 0.15) is 0 Å². The molecule has 0 fully saturated rings. The molecule has 0 bridgehead atoms. The predicted octanol–water partition coefficient (Wildman–Crippen LogP) is 3.27. The number of esters is 1. The molecular weight excluding hydrogens is 380 g/mol. The Hall–Kier alpha value is -1.93. The average Bonchev–Trinajstić information content (AvgIpc) is 2.98. The third kappa shape index (κ3) is 3.37. The lowest BCUT2D eigenvalue weighted by Crippen LogP contribution is -2.09. The minimum absolute atomic E-state index is 0.384. The van der Waals surface area contributed by atoms with E-state index in [-0.39, 0.29) is 0 Å². The zero-order chi connectivity index (χ0) is 16.4. The van der Waals surface area contributed by atoms with Crippen molar-refractivity contribution in [1.82, 2.24) is 19.6 Å². The largest absolute Gasteiger partial charge is 0.465 e. The summed E-state index contributed by atoms with van der Waals surface area (Å²) in [5.41, 5.74) is 2.22. The number of aryl methyl sites for hydroxylation is 1. The van der Waals surface area contributed by atoms with E-state index >= 15 is 0 Å². The van der Waals surface area contributed by atoms with Crippen molar-refractivity contribution in [1.29, 1.82) is 0 Å². The molecule has 0 spiro atoms. The topological polar surface area (TPSA) is 69.4 Å². The Kier molecular flexibility index (Phi) is 4.63. The normalized spacial score (nSPS) is 10.9. The molecule has 0 atom stereocenters. The molecule has 3 aromatic rings. The summed E-state index contributed by atoms with van der Waals surface area (Å²) in [7, 11) is 1.34. The third-order valence-electron chi connectivity index (χ3n) is 3.27. The maximum Gasteiger partial charge on any atom is 0.341 e. The van der Waals surface area contributed by atoms with Crippen LogP contribution in [0.3, 0.4) is 0 Å². The monoisotopic (exact) mass is 392 g/mol. The van der Waals surface area contributed by atoms with Crippen molar-refractivity contribution >= 4 is 39.4 Å². The molecule has 23 heavy (non-hydrogen) atoms. The van der Waals surface area contributed by atoms with E-state index in [0.717, 1.165) is 10.2 Å². The highest BCUT2D eigenvalue weighted by atomic mass is 79.9. The summed E-state index contributed by atoms with van der Waals surface area (Å²) in [4.78, 5) is 20.2. The maximum absolute atomic E-state index is 11.7. The van der Waals surface area contributed by atoms with E-state index in [4.69, 9.17) is 4.74 Å². The Morgan fingerprint density at radius 2 is 2.09 bits per heavy atom. The lowest BCUT2D eigenvalue weighted by Gasteiger charge is -2.03. The van der Waals surface area contributed by atoms with Crippen LogP contribution < -0.4 is 0 Å². The number of halogens is 1. The number of nitrogens with zero attached hydrogens (tertiary/aromatic N) is 4. The molecule has 0 aliphatic carbocycles. The molecule has 0 N–H and O–H groups in total. The minimum atomic E-state index is -0.434. The van der Waals surface area contributed by atoms with Gasteiger partial charge in [-0.3, -0.25) is 0 Å².